The molecule has 0 unspecified atom stereocenters. The second kappa shape index (κ2) is 10.9. The molecular formula is C26H29ClN2O4S. The van der Waals surface area contributed by atoms with Crippen LogP contribution in [0.5, 0.6) is 5.75 Å². The SMILES string of the molecule is CC[C@@H](NC(=O)CN(c1ccccc1Cl)S(=O)(=O)c1ccc(C)cc1)c1ccc(OC)c(C)c1. The van der Waals surface area contributed by atoms with E-state index in [1.54, 1.807) is 43.5 Å². The highest BCUT2D eigenvalue weighted by atomic mass is 35.5. The van der Waals surface area contributed by atoms with E-state index in [2.05, 4.69) is 5.32 Å². The van der Waals surface area contributed by atoms with Crippen LogP contribution < -0.4 is 14.4 Å². The number of rotatable bonds is 9. The Hall–Kier alpha value is -3.03. The Labute approximate surface area is 206 Å². The molecule has 0 heterocycles. The zero-order valence-electron chi connectivity index (χ0n) is 19.7. The van der Waals surface area contributed by atoms with Crippen LogP contribution in [0, 0.1) is 13.8 Å². The summed E-state index contributed by atoms with van der Waals surface area (Å²) in [6, 6.07) is 18.5. The van der Waals surface area contributed by atoms with Crippen LogP contribution in [0.25, 0.3) is 0 Å². The van der Waals surface area contributed by atoms with Gasteiger partial charge in [0.2, 0.25) is 5.91 Å². The maximum atomic E-state index is 13.5. The topological polar surface area (TPSA) is 75.7 Å². The van der Waals surface area contributed by atoms with Crippen LogP contribution in [0.15, 0.2) is 71.6 Å². The molecule has 0 bridgehead atoms. The third-order valence-corrected chi connectivity index (χ3v) is 7.68. The predicted octanol–water partition coefficient (Wildman–Crippen LogP) is 5.43. The number of para-hydroxylation sites is 1. The average molecular weight is 501 g/mol. The van der Waals surface area contributed by atoms with Crippen molar-refractivity contribution in [2.24, 2.45) is 0 Å². The molecule has 0 spiro atoms. The molecule has 0 aliphatic rings. The van der Waals surface area contributed by atoms with Crippen LogP contribution in [-0.4, -0.2) is 28.0 Å². The zero-order chi connectivity index (χ0) is 24.9. The van der Waals surface area contributed by atoms with Crippen molar-refractivity contribution in [3.05, 3.63) is 88.4 Å². The van der Waals surface area contributed by atoms with Gasteiger partial charge in [-0.3, -0.25) is 9.10 Å². The number of ether oxygens (including phenoxy) is 1. The van der Waals surface area contributed by atoms with Crippen molar-refractivity contribution in [1.82, 2.24) is 5.32 Å². The first-order valence-electron chi connectivity index (χ1n) is 10.9. The molecule has 1 atom stereocenters. The Morgan fingerprint density at radius 1 is 1.06 bits per heavy atom. The van der Waals surface area contributed by atoms with Gasteiger partial charge in [-0.25, -0.2) is 8.42 Å². The quantitative estimate of drug-likeness (QED) is 0.425. The molecule has 0 radical (unpaired) electrons. The van der Waals surface area contributed by atoms with Crippen molar-refractivity contribution in [3.8, 4) is 5.75 Å². The maximum absolute atomic E-state index is 13.5. The maximum Gasteiger partial charge on any atom is 0.264 e. The lowest BCUT2D eigenvalue weighted by atomic mass is 10.0. The smallest absolute Gasteiger partial charge is 0.264 e. The summed E-state index contributed by atoms with van der Waals surface area (Å²) in [5.41, 5.74) is 3.04. The fourth-order valence-corrected chi connectivity index (χ4v) is 5.43. The fourth-order valence-electron chi connectivity index (χ4n) is 3.70. The molecule has 3 rings (SSSR count). The second-order valence-electron chi connectivity index (χ2n) is 8.03. The number of anilines is 1. The molecule has 34 heavy (non-hydrogen) atoms. The number of carbonyl (C=O) groups is 1. The Balaban J connectivity index is 1.91. The highest BCUT2D eigenvalue weighted by Crippen LogP contribution is 2.31. The summed E-state index contributed by atoms with van der Waals surface area (Å²) in [7, 11) is -2.43. The second-order valence-corrected chi connectivity index (χ2v) is 10.3. The number of nitrogens with zero attached hydrogens (tertiary/aromatic N) is 1. The zero-order valence-corrected chi connectivity index (χ0v) is 21.3. The Morgan fingerprint density at radius 2 is 1.74 bits per heavy atom. The van der Waals surface area contributed by atoms with E-state index in [1.807, 2.05) is 39.0 Å². The van der Waals surface area contributed by atoms with Crippen molar-refractivity contribution in [2.75, 3.05) is 18.0 Å². The minimum atomic E-state index is -4.04. The van der Waals surface area contributed by atoms with E-state index >= 15 is 0 Å². The van der Waals surface area contributed by atoms with Gasteiger partial charge >= 0.3 is 0 Å². The number of methoxy groups -OCH3 is 1. The van der Waals surface area contributed by atoms with Crippen molar-refractivity contribution in [3.63, 3.8) is 0 Å². The number of hydrogen-bond acceptors (Lipinski definition) is 4. The molecular weight excluding hydrogens is 472 g/mol. The number of hydrogen-bond donors (Lipinski definition) is 1. The molecule has 1 N–H and O–H groups in total. The van der Waals surface area contributed by atoms with E-state index < -0.39 is 22.5 Å². The number of nitrogens with one attached hydrogen (secondary N) is 1. The van der Waals surface area contributed by atoms with Crippen LogP contribution in [0.1, 0.15) is 36.1 Å². The molecule has 180 valence electrons. The fraction of sp³-hybridized carbons (Fsp3) is 0.269. The van der Waals surface area contributed by atoms with E-state index in [-0.39, 0.29) is 21.6 Å². The molecule has 1 amide bonds. The molecule has 0 fully saturated rings. The van der Waals surface area contributed by atoms with Crippen LogP contribution in [0.4, 0.5) is 5.69 Å². The highest BCUT2D eigenvalue weighted by molar-refractivity contribution is 7.92. The number of halogens is 1. The average Bonchev–Trinajstić information content (AvgIpc) is 2.81. The van der Waals surface area contributed by atoms with Gasteiger partial charge in [0, 0.05) is 0 Å². The first kappa shape index (κ1) is 25.6. The number of benzene rings is 3. The van der Waals surface area contributed by atoms with Gasteiger partial charge in [-0.2, -0.15) is 0 Å². The molecule has 0 saturated carbocycles. The number of sulfonamides is 1. The molecule has 3 aromatic rings. The number of amides is 1. The predicted molar refractivity (Wildman–Crippen MR) is 136 cm³/mol. The van der Waals surface area contributed by atoms with E-state index in [9.17, 15) is 13.2 Å². The molecule has 3 aromatic carbocycles. The van der Waals surface area contributed by atoms with Crippen molar-refractivity contribution >= 4 is 33.2 Å². The van der Waals surface area contributed by atoms with Crippen molar-refractivity contribution in [2.45, 2.75) is 38.1 Å². The van der Waals surface area contributed by atoms with Crippen LogP contribution >= 0.6 is 11.6 Å². The van der Waals surface area contributed by atoms with Gasteiger partial charge in [-0.15, -0.1) is 0 Å². The first-order chi connectivity index (χ1) is 16.2. The van der Waals surface area contributed by atoms with Gasteiger partial charge in [0.15, 0.2) is 0 Å². The Morgan fingerprint density at radius 3 is 2.32 bits per heavy atom. The minimum absolute atomic E-state index is 0.0867. The molecule has 6 nitrogen and oxygen atoms in total. The van der Waals surface area contributed by atoms with Crippen molar-refractivity contribution < 1.29 is 17.9 Å². The summed E-state index contributed by atoms with van der Waals surface area (Å²) in [5, 5.41) is 3.21. The molecule has 0 saturated heterocycles. The molecule has 0 aliphatic heterocycles. The summed E-state index contributed by atoms with van der Waals surface area (Å²) in [4.78, 5) is 13.2. The lowest BCUT2D eigenvalue weighted by Gasteiger charge is -2.26. The minimum Gasteiger partial charge on any atom is -0.496 e. The van der Waals surface area contributed by atoms with E-state index in [0.717, 1.165) is 26.7 Å². The van der Waals surface area contributed by atoms with Crippen LogP contribution in [-0.2, 0) is 14.8 Å². The lowest BCUT2D eigenvalue weighted by Crippen LogP contribution is -2.42. The highest BCUT2D eigenvalue weighted by Gasteiger charge is 2.29. The Kier molecular flexibility index (Phi) is 8.23. The third kappa shape index (κ3) is 5.72. The number of aryl methyl sites for hydroxylation is 2. The molecule has 0 aliphatic carbocycles. The van der Waals surface area contributed by atoms with E-state index in [4.69, 9.17) is 16.3 Å². The first-order valence-corrected chi connectivity index (χ1v) is 12.8. The van der Waals surface area contributed by atoms with Crippen LogP contribution in [0.2, 0.25) is 5.02 Å². The standard InChI is InChI=1S/C26H29ClN2O4S/c1-5-23(20-12-15-25(33-4)19(3)16-20)28-26(30)17-29(24-9-7-6-8-22(24)27)34(31,32)21-13-10-18(2)11-14-21/h6-16,23H,5,17H2,1-4H3,(H,28,30)/t23-/m1/s1. The lowest BCUT2D eigenvalue weighted by molar-refractivity contribution is -0.120. The van der Waals surface area contributed by atoms with E-state index in [0.29, 0.717) is 6.42 Å². The monoisotopic (exact) mass is 500 g/mol. The van der Waals surface area contributed by atoms with Crippen molar-refractivity contribution in [1.29, 1.82) is 0 Å². The summed E-state index contributed by atoms with van der Waals surface area (Å²) in [6.07, 6.45) is 0.633. The molecule has 0 aromatic heterocycles. The summed E-state index contributed by atoms with van der Waals surface area (Å²) in [5.74, 6) is 0.329. The van der Waals surface area contributed by atoms with Gasteiger partial charge in [0.05, 0.1) is 28.8 Å². The summed E-state index contributed by atoms with van der Waals surface area (Å²) < 4.78 is 33.5. The molecule has 8 heteroatoms. The van der Waals surface area contributed by atoms with Gasteiger partial charge in [0.1, 0.15) is 12.3 Å². The van der Waals surface area contributed by atoms with Gasteiger partial charge < -0.3 is 10.1 Å². The van der Waals surface area contributed by atoms with Gasteiger partial charge in [-0.05, 0) is 61.7 Å². The Bertz CT molecular complexity index is 1260. The number of carbonyl (C=O) groups excluding carboxylic acids is 1. The van der Waals surface area contributed by atoms with E-state index in [1.165, 1.54) is 12.1 Å². The van der Waals surface area contributed by atoms with Crippen LogP contribution in [0.3, 0.4) is 0 Å². The largest absolute Gasteiger partial charge is 0.496 e. The normalized spacial score (nSPS) is 12.1. The van der Waals surface area contributed by atoms with Gasteiger partial charge in [0.25, 0.3) is 10.0 Å². The summed E-state index contributed by atoms with van der Waals surface area (Å²) >= 11 is 6.35. The third-order valence-electron chi connectivity index (χ3n) is 5.58. The van der Waals surface area contributed by atoms with Gasteiger partial charge in [-0.1, -0.05) is 60.5 Å². The summed E-state index contributed by atoms with van der Waals surface area (Å²) in [6.45, 7) is 5.36.